The van der Waals surface area contributed by atoms with E-state index in [9.17, 15) is 13.6 Å². The van der Waals surface area contributed by atoms with Crippen molar-refractivity contribution >= 4 is 16.9 Å². The topological polar surface area (TPSA) is 108 Å². The summed E-state index contributed by atoms with van der Waals surface area (Å²) in [6, 6.07) is 1.57. The lowest BCUT2D eigenvalue weighted by atomic mass is 10.1. The Hall–Kier alpha value is -3.70. The average Bonchev–Trinajstić information content (AvgIpc) is 3.23. The van der Waals surface area contributed by atoms with Crippen molar-refractivity contribution in [2.45, 2.75) is 39.7 Å². The van der Waals surface area contributed by atoms with Gasteiger partial charge in [-0.3, -0.25) is 14.3 Å². The van der Waals surface area contributed by atoms with Crippen LogP contribution in [0, 0.1) is 11.8 Å². The monoisotopic (exact) mass is 486 g/mol. The van der Waals surface area contributed by atoms with Crippen LogP contribution in [-0.4, -0.2) is 47.3 Å². The predicted octanol–water partition coefficient (Wildman–Crippen LogP) is 3.24. The molecule has 1 aliphatic carbocycles. The van der Waals surface area contributed by atoms with Crippen LogP contribution in [0.2, 0.25) is 0 Å². The van der Waals surface area contributed by atoms with Gasteiger partial charge in [0.15, 0.2) is 17.5 Å². The van der Waals surface area contributed by atoms with Gasteiger partial charge in [-0.25, -0.2) is 18.7 Å². The minimum absolute atomic E-state index is 0.00516. The Balaban J connectivity index is 0.000000155. The van der Waals surface area contributed by atoms with E-state index in [2.05, 4.69) is 30.0 Å². The zero-order valence-electron chi connectivity index (χ0n) is 20.1. The van der Waals surface area contributed by atoms with Crippen molar-refractivity contribution in [1.29, 1.82) is 0 Å². The number of hydrogen-bond donors (Lipinski definition) is 0. The number of imidazole rings is 1. The Bertz CT molecular complexity index is 1320. The normalized spacial score (nSPS) is 18.4. The first-order chi connectivity index (χ1) is 16.8. The van der Waals surface area contributed by atoms with Crippen LogP contribution in [0.3, 0.4) is 0 Å². The van der Waals surface area contributed by atoms with Crippen LogP contribution in [0.4, 0.5) is 14.5 Å². The SMILES string of the molecule is CC.CC(F)(F)c1cncc(N2C[C@H]3C[C@H]3C2)c1.Cn1cnc2ncn(Cc3ncno3)c(=O)c21. The molecule has 0 N–H and O–H groups in total. The van der Waals surface area contributed by atoms with Crippen LogP contribution in [0.5, 0.6) is 0 Å². The number of aromatic nitrogens is 7. The van der Waals surface area contributed by atoms with Crippen molar-refractivity contribution in [2.75, 3.05) is 18.0 Å². The van der Waals surface area contributed by atoms with E-state index in [1.807, 2.05) is 13.8 Å². The quantitative estimate of drug-likeness (QED) is 0.433. The molecule has 0 aromatic carbocycles. The number of alkyl halides is 2. The van der Waals surface area contributed by atoms with Crippen LogP contribution < -0.4 is 10.5 Å². The van der Waals surface area contributed by atoms with E-state index in [4.69, 9.17) is 4.52 Å². The summed E-state index contributed by atoms with van der Waals surface area (Å²) in [5, 5.41) is 3.48. The third-order valence-corrected chi connectivity index (χ3v) is 5.99. The van der Waals surface area contributed by atoms with Gasteiger partial charge >= 0.3 is 0 Å². The fraction of sp³-hybridized carbons (Fsp3) is 0.478. The van der Waals surface area contributed by atoms with Crippen molar-refractivity contribution in [1.82, 2.24) is 34.2 Å². The number of anilines is 1. The molecule has 5 heterocycles. The van der Waals surface area contributed by atoms with E-state index in [1.54, 1.807) is 30.2 Å². The van der Waals surface area contributed by atoms with Crippen LogP contribution >= 0.6 is 0 Å². The molecule has 0 radical (unpaired) electrons. The number of pyridine rings is 1. The highest BCUT2D eigenvalue weighted by molar-refractivity contribution is 5.68. The molecule has 0 amide bonds. The molecule has 2 aliphatic rings. The Kier molecular flexibility index (Phi) is 6.90. The van der Waals surface area contributed by atoms with Gasteiger partial charge in [0.1, 0.15) is 12.9 Å². The number of aryl methyl sites for hydroxylation is 1. The van der Waals surface area contributed by atoms with Crippen molar-refractivity contribution in [3.8, 4) is 0 Å². The molecule has 4 aromatic heterocycles. The molecular formula is C23H28F2N8O2. The minimum Gasteiger partial charge on any atom is -0.370 e. The largest absolute Gasteiger partial charge is 0.370 e. The summed E-state index contributed by atoms with van der Waals surface area (Å²) in [7, 11) is 1.75. The summed E-state index contributed by atoms with van der Waals surface area (Å²) in [6.45, 7) is 7.12. The van der Waals surface area contributed by atoms with Crippen molar-refractivity contribution in [3.05, 3.63) is 59.2 Å². The molecule has 1 saturated carbocycles. The summed E-state index contributed by atoms with van der Waals surface area (Å²) >= 11 is 0. The van der Waals surface area contributed by atoms with E-state index in [0.29, 0.717) is 17.1 Å². The lowest BCUT2D eigenvalue weighted by Gasteiger charge is -2.21. The summed E-state index contributed by atoms with van der Waals surface area (Å²) in [4.78, 5) is 30.1. The average molecular weight is 487 g/mol. The number of hydrogen-bond acceptors (Lipinski definition) is 8. The third-order valence-electron chi connectivity index (χ3n) is 5.99. The maximum atomic E-state index is 13.1. The first kappa shape index (κ1) is 24.4. The van der Waals surface area contributed by atoms with Crippen molar-refractivity contribution in [2.24, 2.45) is 18.9 Å². The van der Waals surface area contributed by atoms with Gasteiger partial charge in [-0.2, -0.15) is 4.98 Å². The van der Waals surface area contributed by atoms with E-state index >= 15 is 0 Å². The van der Waals surface area contributed by atoms with Gasteiger partial charge in [-0.1, -0.05) is 19.0 Å². The third kappa shape index (κ3) is 5.36. The molecule has 1 saturated heterocycles. The summed E-state index contributed by atoms with van der Waals surface area (Å²) in [6.07, 6.45) is 8.50. The molecule has 186 valence electrons. The van der Waals surface area contributed by atoms with E-state index in [1.165, 1.54) is 29.8 Å². The summed E-state index contributed by atoms with van der Waals surface area (Å²) in [5.74, 6) is -0.849. The molecular weight excluding hydrogens is 458 g/mol. The molecule has 35 heavy (non-hydrogen) atoms. The smallest absolute Gasteiger partial charge is 0.280 e. The van der Waals surface area contributed by atoms with E-state index < -0.39 is 5.92 Å². The molecule has 10 nitrogen and oxygen atoms in total. The molecule has 0 unspecified atom stereocenters. The van der Waals surface area contributed by atoms with Gasteiger partial charge in [0.25, 0.3) is 11.5 Å². The zero-order valence-corrected chi connectivity index (χ0v) is 20.1. The lowest BCUT2D eigenvalue weighted by molar-refractivity contribution is 0.0171. The zero-order chi connectivity index (χ0) is 25.2. The molecule has 4 aromatic rings. The van der Waals surface area contributed by atoms with Gasteiger partial charge in [0.05, 0.1) is 18.2 Å². The second-order valence-electron chi connectivity index (χ2n) is 8.52. The van der Waals surface area contributed by atoms with Gasteiger partial charge in [-0.05, 0) is 24.3 Å². The maximum Gasteiger partial charge on any atom is 0.280 e. The second kappa shape index (κ2) is 9.88. The lowest BCUT2D eigenvalue weighted by Crippen LogP contribution is -2.22. The van der Waals surface area contributed by atoms with Gasteiger partial charge in [0, 0.05) is 38.8 Å². The number of halogens is 2. The number of rotatable bonds is 4. The minimum atomic E-state index is -2.80. The predicted molar refractivity (Wildman–Crippen MR) is 125 cm³/mol. The van der Waals surface area contributed by atoms with E-state index in [-0.39, 0.29) is 17.7 Å². The van der Waals surface area contributed by atoms with Crippen LogP contribution in [0.1, 0.15) is 38.6 Å². The van der Waals surface area contributed by atoms with Crippen molar-refractivity contribution < 1.29 is 13.3 Å². The standard InChI is InChI=1S/C12H14F2N2.C9H8N6O2.C2H6/c1-12(13,14)10-3-11(5-15-4-10)16-6-8-2-9(8)7-16;1-14-4-11-8-7(14)9(16)15(5-12-8)2-6-10-3-13-17-6;1-2/h3-5,8-9H,2,6-7H2,1H3;3-5H,2H2,1H3;1-2H3/t8-,9+;;. The van der Waals surface area contributed by atoms with Gasteiger partial charge in [0.2, 0.25) is 5.89 Å². The molecule has 2 fully saturated rings. The highest BCUT2D eigenvalue weighted by Crippen LogP contribution is 2.46. The van der Waals surface area contributed by atoms with Crippen LogP contribution in [-0.2, 0) is 19.5 Å². The highest BCUT2D eigenvalue weighted by atomic mass is 19.3. The molecule has 1 aliphatic heterocycles. The molecule has 2 atom stereocenters. The fourth-order valence-corrected chi connectivity index (χ4v) is 4.05. The Morgan fingerprint density at radius 1 is 1.11 bits per heavy atom. The molecule has 12 heteroatoms. The van der Waals surface area contributed by atoms with Crippen LogP contribution in [0.15, 0.2) is 46.8 Å². The number of nitrogens with zero attached hydrogens (tertiary/aromatic N) is 8. The number of fused-ring (bicyclic) bond motifs is 2. The van der Waals surface area contributed by atoms with Crippen molar-refractivity contribution in [3.63, 3.8) is 0 Å². The Morgan fingerprint density at radius 2 is 1.83 bits per heavy atom. The second-order valence-corrected chi connectivity index (χ2v) is 8.52. The Labute approximate surface area is 200 Å². The van der Waals surface area contributed by atoms with Crippen LogP contribution in [0.25, 0.3) is 11.2 Å². The Morgan fingerprint density at radius 3 is 2.49 bits per heavy atom. The maximum absolute atomic E-state index is 13.1. The van der Waals surface area contributed by atoms with Gasteiger partial charge in [-0.15, -0.1) is 0 Å². The molecule has 0 spiro atoms. The number of piperidine rings is 1. The first-order valence-electron chi connectivity index (χ1n) is 11.5. The highest BCUT2D eigenvalue weighted by Gasteiger charge is 2.45. The van der Waals surface area contributed by atoms with Gasteiger partial charge < -0.3 is 14.0 Å². The molecule has 6 rings (SSSR count). The summed E-state index contributed by atoms with van der Waals surface area (Å²) in [5.41, 5.74) is 1.54. The van der Waals surface area contributed by atoms with E-state index in [0.717, 1.165) is 37.5 Å². The summed E-state index contributed by atoms with van der Waals surface area (Å²) < 4.78 is 34.2. The fourth-order valence-electron chi connectivity index (χ4n) is 4.05. The first-order valence-corrected chi connectivity index (χ1v) is 11.5. The molecule has 0 bridgehead atoms.